The summed E-state index contributed by atoms with van der Waals surface area (Å²) in [5.41, 5.74) is 7.58. The van der Waals surface area contributed by atoms with Crippen LogP contribution in [0.3, 0.4) is 0 Å². The van der Waals surface area contributed by atoms with E-state index in [1.165, 1.54) is 0 Å². The van der Waals surface area contributed by atoms with Gasteiger partial charge in [-0.3, -0.25) is 10.1 Å². The number of benzene rings is 1. The summed E-state index contributed by atoms with van der Waals surface area (Å²) < 4.78 is 0. The number of nitrogens with two attached hydrogens (primary N) is 1. The first kappa shape index (κ1) is 17.4. The van der Waals surface area contributed by atoms with Crippen molar-refractivity contribution in [3.8, 4) is 0 Å². The summed E-state index contributed by atoms with van der Waals surface area (Å²) in [7, 11) is 0. The Morgan fingerprint density at radius 3 is 2.64 bits per heavy atom. The van der Waals surface area contributed by atoms with E-state index in [1.54, 1.807) is 6.33 Å². The van der Waals surface area contributed by atoms with Crippen molar-refractivity contribution in [1.82, 2.24) is 15.3 Å². The quantitative estimate of drug-likeness (QED) is 0.839. The third-order valence-corrected chi connectivity index (χ3v) is 4.71. The molecule has 0 bridgehead atoms. The Kier molecular flexibility index (Phi) is 5.60. The molecule has 1 atom stereocenters. The first-order valence-corrected chi connectivity index (χ1v) is 8.83. The van der Waals surface area contributed by atoms with Crippen molar-refractivity contribution < 1.29 is 4.79 Å². The lowest BCUT2D eigenvalue weighted by Gasteiger charge is -2.34. The van der Waals surface area contributed by atoms with Crippen LogP contribution in [0.5, 0.6) is 0 Å². The van der Waals surface area contributed by atoms with Crippen LogP contribution in [0.4, 0.5) is 5.82 Å². The van der Waals surface area contributed by atoms with Crippen molar-refractivity contribution in [1.29, 1.82) is 0 Å². The van der Waals surface area contributed by atoms with E-state index < -0.39 is 6.04 Å². The van der Waals surface area contributed by atoms with E-state index in [0.29, 0.717) is 0 Å². The van der Waals surface area contributed by atoms with E-state index in [0.717, 1.165) is 49.4 Å². The van der Waals surface area contributed by atoms with Crippen LogP contribution in [0, 0.1) is 0 Å². The molecule has 6 nitrogen and oxygen atoms in total. The molecular weight excluding hydrogens is 314 g/mol. The number of hydrogen-bond donors (Lipinski definition) is 2. The number of anilines is 1. The lowest BCUT2D eigenvalue weighted by Crippen LogP contribution is -2.46. The lowest BCUT2D eigenvalue weighted by atomic mass is 10.0. The second kappa shape index (κ2) is 8.07. The number of nitrogens with zero attached hydrogens (tertiary/aromatic N) is 3. The Hall–Kier alpha value is -2.47. The molecule has 2 aromatic rings. The third kappa shape index (κ3) is 4.33. The number of carbonyl (C=O) groups is 1. The number of rotatable bonds is 6. The van der Waals surface area contributed by atoms with Gasteiger partial charge < -0.3 is 10.6 Å². The van der Waals surface area contributed by atoms with Crippen LogP contribution in [0.1, 0.15) is 37.1 Å². The fourth-order valence-corrected chi connectivity index (χ4v) is 3.25. The van der Waals surface area contributed by atoms with Gasteiger partial charge in [0, 0.05) is 30.9 Å². The van der Waals surface area contributed by atoms with Gasteiger partial charge in [-0.1, -0.05) is 37.3 Å². The third-order valence-electron chi connectivity index (χ3n) is 4.71. The minimum absolute atomic E-state index is 0.265. The van der Waals surface area contributed by atoms with Crippen LogP contribution in [-0.2, 0) is 11.2 Å². The van der Waals surface area contributed by atoms with Crippen molar-refractivity contribution >= 4 is 11.7 Å². The van der Waals surface area contributed by atoms with Crippen LogP contribution >= 0.6 is 0 Å². The maximum Gasteiger partial charge on any atom is 0.239 e. The fourth-order valence-electron chi connectivity index (χ4n) is 3.25. The molecule has 1 saturated heterocycles. The van der Waals surface area contributed by atoms with Crippen LogP contribution in [0.15, 0.2) is 42.7 Å². The number of piperidine rings is 1. The van der Waals surface area contributed by atoms with Gasteiger partial charge in [-0.05, 0) is 24.8 Å². The van der Waals surface area contributed by atoms with E-state index >= 15 is 0 Å². The van der Waals surface area contributed by atoms with Crippen LogP contribution in [-0.4, -0.2) is 35.0 Å². The molecule has 0 saturated carbocycles. The number of carbonyl (C=O) groups excluding carboxylic acids is 1. The number of aromatic nitrogens is 2. The zero-order valence-corrected chi connectivity index (χ0v) is 14.6. The number of hydrogen-bond acceptors (Lipinski definition) is 5. The molecule has 0 aliphatic carbocycles. The van der Waals surface area contributed by atoms with Crippen molar-refractivity contribution in [2.24, 2.45) is 5.73 Å². The summed E-state index contributed by atoms with van der Waals surface area (Å²) in [6.07, 6.45) is 4.44. The minimum atomic E-state index is -0.441. The van der Waals surface area contributed by atoms with Gasteiger partial charge in [-0.2, -0.15) is 0 Å². The van der Waals surface area contributed by atoms with E-state index in [4.69, 9.17) is 5.73 Å². The Balaban J connectivity index is 1.60. The number of amides is 1. The average Bonchev–Trinajstić information content (AvgIpc) is 2.67. The van der Waals surface area contributed by atoms with E-state index in [1.807, 2.05) is 30.3 Å². The highest BCUT2D eigenvalue weighted by Crippen LogP contribution is 2.21. The highest BCUT2D eigenvalue weighted by molar-refractivity contribution is 5.81. The second-order valence-corrected chi connectivity index (χ2v) is 6.40. The lowest BCUT2D eigenvalue weighted by molar-refractivity contribution is -0.120. The van der Waals surface area contributed by atoms with E-state index in [9.17, 15) is 4.79 Å². The zero-order chi connectivity index (χ0) is 17.6. The Labute approximate surface area is 148 Å². The van der Waals surface area contributed by atoms with Crippen LogP contribution < -0.4 is 16.0 Å². The molecule has 1 aliphatic heterocycles. The first-order chi connectivity index (χ1) is 12.2. The summed E-state index contributed by atoms with van der Waals surface area (Å²) in [6, 6.07) is 11.5. The predicted molar refractivity (Wildman–Crippen MR) is 98.2 cm³/mol. The monoisotopic (exact) mass is 339 g/mol. The molecule has 1 amide bonds. The van der Waals surface area contributed by atoms with Gasteiger partial charge in [0.1, 0.15) is 18.2 Å². The van der Waals surface area contributed by atoms with Gasteiger partial charge in [0.15, 0.2) is 0 Å². The highest BCUT2D eigenvalue weighted by Gasteiger charge is 2.25. The number of nitrogens with one attached hydrogen (secondary N) is 1. The van der Waals surface area contributed by atoms with Crippen molar-refractivity contribution in [3.63, 3.8) is 0 Å². The molecule has 1 aromatic heterocycles. The van der Waals surface area contributed by atoms with Gasteiger partial charge >= 0.3 is 0 Å². The molecular formula is C19H25N5O. The summed E-state index contributed by atoms with van der Waals surface area (Å²) in [6.45, 7) is 3.89. The zero-order valence-electron chi connectivity index (χ0n) is 14.6. The number of aryl methyl sites for hydroxylation is 1. The minimum Gasteiger partial charge on any atom is -0.368 e. The van der Waals surface area contributed by atoms with Crippen LogP contribution in [0.2, 0.25) is 0 Å². The summed E-state index contributed by atoms with van der Waals surface area (Å²) in [5.74, 6) is 0.650. The molecule has 3 N–H and O–H groups in total. The smallest absolute Gasteiger partial charge is 0.239 e. The van der Waals surface area contributed by atoms with Crippen molar-refractivity contribution in [2.75, 3.05) is 18.0 Å². The molecule has 6 heteroatoms. The molecule has 25 heavy (non-hydrogen) atoms. The first-order valence-electron chi connectivity index (χ1n) is 8.83. The largest absolute Gasteiger partial charge is 0.368 e. The van der Waals surface area contributed by atoms with Gasteiger partial charge in [0.25, 0.3) is 0 Å². The van der Waals surface area contributed by atoms with Crippen LogP contribution in [0.25, 0.3) is 0 Å². The summed E-state index contributed by atoms with van der Waals surface area (Å²) >= 11 is 0. The topological polar surface area (TPSA) is 84.1 Å². The Bertz CT molecular complexity index is 698. The van der Waals surface area contributed by atoms with Gasteiger partial charge in [-0.15, -0.1) is 0 Å². The van der Waals surface area contributed by atoms with E-state index in [-0.39, 0.29) is 11.9 Å². The molecule has 0 spiro atoms. The maximum absolute atomic E-state index is 11.9. The Morgan fingerprint density at radius 1 is 1.28 bits per heavy atom. The summed E-state index contributed by atoms with van der Waals surface area (Å²) in [5, 5.41) is 3.43. The summed E-state index contributed by atoms with van der Waals surface area (Å²) in [4.78, 5) is 22.8. The van der Waals surface area contributed by atoms with Crippen molar-refractivity contribution in [3.05, 3.63) is 54.0 Å². The maximum atomic E-state index is 11.9. The molecule has 1 fully saturated rings. The van der Waals surface area contributed by atoms with Gasteiger partial charge in [0.2, 0.25) is 5.91 Å². The van der Waals surface area contributed by atoms with Crippen molar-refractivity contribution in [2.45, 2.75) is 38.3 Å². The fraction of sp³-hybridized carbons (Fsp3) is 0.421. The normalized spacial score (nSPS) is 16.6. The van der Waals surface area contributed by atoms with Gasteiger partial charge in [0.05, 0.1) is 0 Å². The molecule has 132 valence electrons. The number of primary amides is 1. The second-order valence-electron chi connectivity index (χ2n) is 6.40. The van der Waals surface area contributed by atoms with E-state index in [2.05, 4.69) is 33.2 Å². The average molecular weight is 339 g/mol. The van der Waals surface area contributed by atoms with Gasteiger partial charge in [-0.25, -0.2) is 9.97 Å². The molecule has 2 heterocycles. The Morgan fingerprint density at radius 2 is 2.00 bits per heavy atom. The standard InChI is InChI=1S/C19H25N5O/c1-2-15-12-17(22-13-21-15)24-10-8-16(9-11-24)23-18(19(20)25)14-6-4-3-5-7-14/h3-7,12-13,16,18,23H,2,8-11H2,1H3,(H2,20,25). The molecule has 1 unspecified atom stereocenters. The molecule has 1 aromatic carbocycles. The predicted octanol–water partition coefficient (Wildman–Crippen LogP) is 1.82. The highest BCUT2D eigenvalue weighted by atomic mass is 16.1. The molecule has 3 rings (SSSR count). The molecule has 0 radical (unpaired) electrons. The SMILES string of the molecule is CCc1cc(N2CCC(NC(C(N)=O)c3ccccc3)CC2)ncn1. The molecule has 1 aliphatic rings.